The number of hydrogen-bond donors (Lipinski definition) is 0. The van der Waals surface area contributed by atoms with E-state index in [0.29, 0.717) is 13.2 Å². The first-order valence-electron chi connectivity index (χ1n) is 8.92. The molecule has 0 bridgehead atoms. The summed E-state index contributed by atoms with van der Waals surface area (Å²) in [4.78, 5) is 25.3. The lowest BCUT2D eigenvalue weighted by Crippen LogP contribution is -2.41. The normalized spacial score (nSPS) is 15.5. The highest BCUT2D eigenvalue weighted by Crippen LogP contribution is 2.21. The summed E-state index contributed by atoms with van der Waals surface area (Å²) in [6.07, 6.45) is 1.49. The fourth-order valence-corrected chi connectivity index (χ4v) is 2.10. The van der Waals surface area contributed by atoms with Crippen LogP contribution in [0.1, 0.15) is 68.2 Å². The van der Waals surface area contributed by atoms with Gasteiger partial charge < -0.3 is 9.47 Å². The molecular weight excluding hydrogens is 294 g/mol. The third-order valence-corrected chi connectivity index (χ3v) is 2.99. The second-order valence-corrected chi connectivity index (χ2v) is 5.89. The van der Waals surface area contributed by atoms with Gasteiger partial charge in [0, 0.05) is 0 Å². The van der Waals surface area contributed by atoms with Gasteiger partial charge in [0.05, 0.1) is 19.1 Å². The van der Waals surface area contributed by atoms with Crippen LogP contribution in [0.3, 0.4) is 0 Å². The van der Waals surface area contributed by atoms with E-state index in [4.69, 9.17) is 9.47 Å². The standard InChI is InChI=1S/C14H25NO4.2C2H6/c1-5-18-12(16)10-15-8-6-11(7-9-15)13(17)19-14(2,3)4;2*1-2/h11H,5-10H2,1-4H3;2*1-2H3. The summed E-state index contributed by atoms with van der Waals surface area (Å²) in [5.41, 5.74) is -0.431. The second kappa shape index (κ2) is 13.3. The van der Waals surface area contributed by atoms with Gasteiger partial charge in [0.15, 0.2) is 0 Å². The van der Waals surface area contributed by atoms with E-state index < -0.39 is 5.60 Å². The molecule has 23 heavy (non-hydrogen) atoms. The number of piperidine rings is 1. The Balaban J connectivity index is 0. The third kappa shape index (κ3) is 12.0. The average molecular weight is 331 g/mol. The molecule has 1 saturated heterocycles. The van der Waals surface area contributed by atoms with E-state index in [9.17, 15) is 9.59 Å². The van der Waals surface area contributed by atoms with Crippen molar-refractivity contribution in [1.82, 2.24) is 4.90 Å². The van der Waals surface area contributed by atoms with E-state index in [1.165, 1.54) is 0 Å². The van der Waals surface area contributed by atoms with Gasteiger partial charge in [-0.25, -0.2) is 0 Å². The lowest BCUT2D eigenvalue weighted by atomic mass is 9.96. The first kappa shape index (κ1) is 24.2. The van der Waals surface area contributed by atoms with Crippen molar-refractivity contribution in [3.05, 3.63) is 0 Å². The van der Waals surface area contributed by atoms with Crippen molar-refractivity contribution < 1.29 is 19.1 Å². The van der Waals surface area contributed by atoms with E-state index in [-0.39, 0.29) is 17.9 Å². The highest BCUT2D eigenvalue weighted by atomic mass is 16.6. The van der Waals surface area contributed by atoms with Crippen molar-refractivity contribution >= 4 is 11.9 Å². The van der Waals surface area contributed by atoms with Gasteiger partial charge in [-0.3, -0.25) is 14.5 Å². The molecule has 0 aromatic carbocycles. The Morgan fingerprint density at radius 3 is 1.91 bits per heavy atom. The molecule has 1 heterocycles. The van der Waals surface area contributed by atoms with Gasteiger partial charge in [0.2, 0.25) is 0 Å². The first-order valence-corrected chi connectivity index (χ1v) is 8.92. The molecule has 138 valence electrons. The maximum atomic E-state index is 11.9. The SMILES string of the molecule is CC.CC.CCOC(=O)CN1CCC(C(=O)OC(C)(C)C)CC1. The van der Waals surface area contributed by atoms with E-state index >= 15 is 0 Å². The minimum Gasteiger partial charge on any atom is -0.465 e. The van der Waals surface area contributed by atoms with Crippen molar-refractivity contribution in [2.75, 3.05) is 26.2 Å². The molecule has 0 unspecified atom stereocenters. The van der Waals surface area contributed by atoms with Gasteiger partial charge in [-0.2, -0.15) is 0 Å². The van der Waals surface area contributed by atoms with Crippen LogP contribution in [0, 0.1) is 5.92 Å². The van der Waals surface area contributed by atoms with Crippen LogP contribution in [0.5, 0.6) is 0 Å². The lowest BCUT2D eigenvalue weighted by Gasteiger charge is -2.31. The smallest absolute Gasteiger partial charge is 0.320 e. The molecule has 0 amide bonds. The Bertz CT molecular complexity index is 315. The fraction of sp³-hybridized carbons (Fsp3) is 0.889. The maximum Gasteiger partial charge on any atom is 0.320 e. The summed E-state index contributed by atoms with van der Waals surface area (Å²) in [6.45, 7) is 17.6. The van der Waals surface area contributed by atoms with E-state index in [2.05, 4.69) is 0 Å². The Kier molecular flexibility index (Phi) is 14.0. The summed E-state index contributed by atoms with van der Waals surface area (Å²) < 4.78 is 10.3. The second-order valence-electron chi connectivity index (χ2n) is 5.89. The molecule has 0 aliphatic carbocycles. The largest absolute Gasteiger partial charge is 0.465 e. The zero-order valence-corrected chi connectivity index (χ0v) is 16.4. The highest BCUT2D eigenvalue weighted by Gasteiger charge is 2.29. The van der Waals surface area contributed by atoms with Crippen LogP contribution >= 0.6 is 0 Å². The summed E-state index contributed by atoms with van der Waals surface area (Å²) in [6, 6.07) is 0. The number of esters is 2. The van der Waals surface area contributed by atoms with Crippen molar-refractivity contribution in [2.45, 2.75) is 73.8 Å². The van der Waals surface area contributed by atoms with Crippen molar-refractivity contribution in [2.24, 2.45) is 5.92 Å². The number of likely N-dealkylation sites (tertiary alicyclic amines) is 1. The van der Waals surface area contributed by atoms with Gasteiger partial charge in [-0.1, -0.05) is 27.7 Å². The first-order chi connectivity index (χ1) is 10.8. The van der Waals surface area contributed by atoms with E-state index in [0.717, 1.165) is 25.9 Å². The van der Waals surface area contributed by atoms with Crippen LogP contribution in [-0.2, 0) is 19.1 Å². The topological polar surface area (TPSA) is 55.8 Å². The van der Waals surface area contributed by atoms with Gasteiger partial charge in [-0.05, 0) is 53.6 Å². The molecule has 5 nitrogen and oxygen atoms in total. The van der Waals surface area contributed by atoms with Gasteiger partial charge in [0.25, 0.3) is 0 Å². The number of hydrogen-bond acceptors (Lipinski definition) is 5. The van der Waals surface area contributed by atoms with Gasteiger partial charge >= 0.3 is 11.9 Å². The van der Waals surface area contributed by atoms with Gasteiger partial charge in [-0.15, -0.1) is 0 Å². The van der Waals surface area contributed by atoms with E-state index in [1.54, 1.807) is 6.92 Å². The zero-order chi connectivity index (χ0) is 18.5. The number of carbonyl (C=O) groups excluding carboxylic acids is 2. The maximum absolute atomic E-state index is 11.9. The Morgan fingerprint density at radius 2 is 1.52 bits per heavy atom. The number of nitrogens with zero attached hydrogens (tertiary/aromatic N) is 1. The fourth-order valence-electron chi connectivity index (χ4n) is 2.10. The summed E-state index contributed by atoms with van der Waals surface area (Å²) in [5.74, 6) is -0.362. The molecule has 0 aromatic rings. The Hall–Kier alpha value is -1.10. The Labute approximate surface area is 142 Å². The van der Waals surface area contributed by atoms with Crippen LogP contribution in [0.4, 0.5) is 0 Å². The molecule has 0 N–H and O–H groups in total. The minimum absolute atomic E-state index is 0.0438. The summed E-state index contributed by atoms with van der Waals surface area (Å²) in [5, 5.41) is 0. The number of ether oxygens (including phenoxy) is 2. The molecule has 0 saturated carbocycles. The zero-order valence-electron chi connectivity index (χ0n) is 16.4. The number of carbonyl (C=O) groups is 2. The average Bonchev–Trinajstić information content (AvgIpc) is 2.50. The van der Waals surface area contributed by atoms with Crippen molar-refractivity contribution in [3.63, 3.8) is 0 Å². The van der Waals surface area contributed by atoms with Crippen molar-refractivity contribution in [3.8, 4) is 0 Å². The number of rotatable bonds is 4. The molecule has 1 aliphatic heterocycles. The van der Waals surface area contributed by atoms with Crippen molar-refractivity contribution in [1.29, 1.82) is 0 Å². The van der Waals surface area contributed by atoms with Gasteiger partial charge in [0.1, 0.15) is 5.60 Å². The highest BCUT2D eigenvalue weighted by molar-refractivity contribution is 5.73. The molecule has 0 aromatic heterocycles. The predicted octanol–water partition coefficient (Wildman–Crippen LogP) is 3.66. The van der Waals surface area contributed by atoms with Crippen LogP contribution in [0.2, 0.25) is 0 Å². The molecule has 0 atom stereocenters. The monoisotopic (exact) mass is 331 g/mol. The summed E-state index contributed by atoms with van der Waals surface area (Å²) >= 11 is 0. The molecule has 0 radical (unpaired) electrons. The Morgan fingerprint density at radius 1 is 1.04 bits per heavy atom. The lowest BCUT2D eigenvalue weighted by molar-refractivity contribution is -0.161. The quantitative estimate of drug-likeness (QED) is 0.736. The van der Waals surface area contributed by atoms with Crippen LogP contribution < -0.4 is 0 Å². The molecule has 5 heteroatoms. The van der Waals surface area contributed by atoms with Crippen LogP contribution in [0.25, 0.3) is 0 Å². The van der Waals surface area contributed by atoms with E-state index in [1.807, 2.05) is 53.4 Å². The molecule has 1 aliphatic rings. The minimum atomic E-state index is -0.431. The molecule has 1 fully saturated rings. The predicted molar refractivity (Wildman–Crippen MR) is 94.3 cm³/mol. The molecule has 1 rings (SSSR count). The summed E-state index contributed by atoms with van der Waals surface area (Å²) in [7, 11) is 0. The molecular formula is C18H37NO4. The molecule has 0 spiro atoms. The van der Waals surface area contributed by atoms with Crippen LogP contribution in [-0.4, -0.2) is 48.7 Å². The van der Waals surface area contributed by atoms with Crippen LogP contribution in [0.15, 0.2) is 0 Å². The third-order valence-electron chi connectivity index (χ3n) is 2.99.